The average Bonchev–Trinajstić information content (AvgIpc) is 2.62. The number of nitrogens with zero attached hydrogens (tertiary/aromatic N) is 2. The monoisotopic (exact) mass is 366 g/mol. The van der Waals surface area contributed by atoms with E-state index < -0.39 is 15.8 Å². The van der Waals surface area contributed by atoms with Crippen molar-refractivity contribution in [1.82, 2.24) is 9.21 Å². The molecule has 4 nitrogen and oxygen atoms in total. The molecule has 0 bridgehead atoms. The zero-order chi connectivity index (χ0) is 18.0. The highest BCUT2D eigenvalue weighted by molar-refractivity contribution is 7.89. The lowest BCUT2D eigenvalue weighted by molar-refractivity contribution is 0.146. The Morgan fingerprint density at radius 2 is 1.32 bits per heavy atom. The first-order valence-electron chi connectivity index (χ1n) is 8.13. The summed E-state index contributed by atoms with van der Waals surface area (Å²) < 4.78 is 52.7. The van der Waals surface area contributed by atoms with Crippen LogP contribution in [0, 0.1) is 11.6 Å². The number of sulfonamides is 1. The molecule has 1 heterocycles. The van der Waals surface area contributed by atoms with Crippen molar-refractivity contribution in [1.29, 1.82) is 0 Å². The summed E-state index contributed by atoms with van der Waals surface area (Å²) in [5.74, 6) is -0.733. The van der Waals surface area contributed by atoms with Gasteiger partial charge in [-0.1, -0.05) is 12.1 Å². The van der Waals surface area contributed by atoms with Crippen LogP contribution in [0.15, 0.2) is 53.4 Å². The third-order valence-corrected chi connectivity index (χ3v) is 6.54. The first kappa shape index (κ1) is 18.0. The molecule has 1 saturated heterocycles. The van der Waals surface area contributed by atoms with Crippen LogP contribution in [0.5, 0.6) is 0 Å². The molecule has 3 rings (SSSR count). The van der Waals surface area contributed by atoms with Crippen LogP contribution >= 0.6 is 0 Å². The van der Waals surface area contributed by atoms with E-state index in [2.05, 4.69) is 4.90 Å². The molecule has 2 aromatic rings. The first-order chi connectivity index (χ1) is 11.9. The summed E-state index contributed by atoms with van der Waals surface area (Å²) in [4.78, 5) is 2.28. The third kappa shape index (κ3) is 3.89. The van der Waals surface area contributed by atoms with E-state index in [4.69, 9.17) is 0 Å². The summed E-state index contributed by atoms with van der Waals surface area (Å²) in [5, 5.41) is 0. The molecule has 0 amide bonds. The van der Waals surface area contributed by atoms with Crippen LogP contribution in [-0.4, -0.2) is 43.8 Å². The van der Waals surface area contributed by atoms with Gasteiger partial charge in [-0.3, -0.25) is 4.90 Å². The van der Waals surface area contributed by atoms with Gasteiger partial charge in [-0.05, 0) is 48.9 Å². The summed E-state index contributed by atoms with van der Waals surface area (Å²) >= 11 is 0. The first-order valence-corrected chi connectivity index (χ1v) is 9.57. The van der Waals surface area contributed by atoms with Crippen molar-refractivity contribution in [3.63, 3.8) is 0 Å². The number of halogens is 2. The van der Waals surface area contributed by atoms with Crippen LogP contribution in [0.1, 0.15) is 18.5 Å². The number of piperazine rings is 1. The molecule has 7 heteroatoms. The molecule has 0 N–H and O–H groups in total. The van der Waals surface area contributed by atoms with Crippen LogP contribution in [0.2, 0.25) is 0 Å². The minimum Gasteiger partial charge on any atom is -0.294 e. The van der Waals surface area contributed by atoms with E-state index in [1.54, 1.807) is 12.1 Å². The van der Waals surface area contributed by atoms with Gasteiger partial charge in [-0.25, -0.2) is 17.2 Å². The molecule has 0 unspecified atom stereocenters. The van der Waals surface area contributed by atoms with Gasteiger partial charge in [0.2, 0.25) is 10.0 Å². The number of hydrogen-bond acceptors (Lipinski definition) is 3. The SMILES string of the molecule is C[C@H](c1ccc(F)cc1)N1CCN(S(=O)(=O)c2ccc(F)cc2)CC1. The van der Waals surface area contributed by atoms with E-state index in [0.29, 0.717) is 26.2 Å². The topological polar surface area (TPSA) is 40.6 Å². The lowest BCUT2D eigenvalue weighted by atomic mass is 10.1. The highest BCUT2D eigenvalue weighted by Gasteiger charge is 2.30. The van der Waals surface area contributed by atoms with Crippen LogP contribution in [0.25, 0.3) is 0 Å². The van der Waals surface area contributed by atoms with E-state index in [1.165, 1.54) is 28.6 Å². The molecular formula is C18H20F2N2O2S. The van der Waals surface area contributed by atoms with Crippen molar-refractivity contribution in [2.75, 3.05) is 26.2 Å². The second-order valence-electron chi connectivity index (χ2n) is 6.12. The van der Waals surface area contributed by atoms with Crippen molar-refractivity contribution < 1.29 is 17.2 Å². The van der Waals surface area contributed by atoms with Gasteiger partial charge in [0.05, 0.1) is 4.90 Å². The minimum absolute atomic E-state index is 0.0799. The Hall–Kier alpha value is -1.83. The normalized spacial score (nSPS) is 18.2. The predicted octanol–water partition coefficient (Wildman–Crippen LogP) is 3.03. The zero-order valence-corrected chi connectivity index (χ0v) is 14.7. The Kier molecular flexibility index (Phi) is 5.17. The number of hydrogen-bond donors (Lipinski definition) is 0. The van der Waals surface area contributed by atoms with Gasteiger partial charge in [-0.15, -0.1) is 0 Å². The van der Waals surface area contributed by atoms with Crippen molar-refractivity contribution in [2.24, 2.45) is 0 Å². The molecule has 0 aromatic heterocycles. The molecule has 134 valence electrons. The van der Waals surface area contributed by atoms with Gasteiger partial charge < -0.3 is 0 Å². The van der Waals surface area contributed by atoms with Gasteiger partial charge in [0, 0.05) is 32.2 Å². The van der Waals surface area contributed by atoms with Crippen LogP contribution in [-0.2, 0) is 10.0 Å². The number of rotatable bonds is 4. The van der Waals surface area contributed by atoms with Gasteiger partial charge >= 0.3 is 0 Å². The number of benzene rings is 2. The fourth-order valence-corrected chi connectivity index (χ4v) is 4.46. The summed E-state index contributed by atoms with van der Waals surface area (Å²) in [6.07, 6.45) is 0. The standard InChI is InChI=1S/C18H20F2N2O2S/c1-14(15-2-4-16(19)5-3-15)21-10-12-22(13-11-21)25(23,24)18-8-6-17(20)7-9-18/h2-9,14H,10-13H2,1H3/t14-/m1/s1. The summed E-state index contributed by atoms with van der Waals surface area (Å²) in [5.41, 5.74) is 0.997. The van der Waals surface area contributed by atoms with Crippen LogP contribution in [0.3, 0.4) is 0 Å². The molecule has 1 aliphatic rings. The molecule has 0 aliphatic carbocycles. The molecule has 0 radical (unpaired) electrons. The van der Waals surface area contributed by atoms with Crippen LogP contribution in [0.4, 0.5) is 8.78 Å². The van der Waals surface area contributed by atoms with E-state index >= 15 is 0 Å². The van der Waals surface area contributed by atoms with E-state index in [1.807, 2.05) is 6.92 Å². The maximum Gasteiger partial charge on any atom is 0.243 e. The largest absolute Gasteiger partial charge is 0.294 e. The van der Waals surface area contributed by atoms with E-state index in [9.17, 15) is 17.2 Å². The molecular weight excluding hydrogens is 346 g/mol. The molecule has 0 spiro atoms. The lowest BCUT2D eigenvalue weighted by Crippen LogP contribution is -2.49. The quantitative estimate of drug-likeness (QED) is 0.835. The Balaban J connectivity index is 1.67. The van der Waals surface area contributed by atoms with Gasteiger partial charge in [-0.2, -0.15) is 4.31 Å². The Bertz CT molecular complexity index is 815. The van der Waals surface area contributed by atoms with E-state index in [0.717, 1.165) is 17.7 Å². The van der Waals surface area contributed by atoms with E-state index in [-0.39, 0.29) is 16.8 Å². The predicted molar refractivity (Wildman–Crippen MR) is 91.5 cm³/mol. The molecule has 1 fully saturated rings. The van der Waals surface area contributed by atoms with Gasteiger partial charge in [0.25, 0.3) is 0 Å². The highest BCUT2D eigenvalue weighted by atomic mass is 32.2. The van der Waals surface area contributed by atoms with Crippen molar-refractivity contribution in [2.45, 2.75) is 17.9 Å². The summed E-state index contributed by atoms with van der Waals surface area (Å²) in [7, 11) is -3.61. The van der Waals surface area contributed by atoms with Gasteiger partial charge in [0.1, 0.15) is 11.6 Å². The Labute approximate surface area is 146 Å². The molecule has 1 atom stereocenters. The van der Waals surface area contributed by atoms with Crippen molar-refractivity contribution >= 4 is 10.0 Å². The zero-order valence-electron chi connectivity index (χ0n) is 13.9. The minimum atomic E-state index is -3.61. The van der Waals surface area contributed by atoms with Crippen molar-refractivity contribution in [3.8, 4) is 0 Å². The Morgan fingerprint density at radius 1 is 0.840 bits per heavy atom. The lowest BCUT2D eigenvalue weighted by Gasteiger charge is -2.37. The molecule has 0 saturated carbocycles. The molecule has 25 heavy (non-hydrogen) atoms. The smallest absolute Gasteiger partial charge is 0.243 e. The second kappa shape index (κ2) is 7.19. The maximum atomic E-state index is 13.1. The maximum absolute atomic E-state index is 13.1. The second-order valence-corrected chi connectivity index (χ2v) is 8.06. The molecule has 1 aliphatic heterocycles. The summed E-state index contributed by atoms with van der Waals surface area (Å²) in [6.45, 7) is 3.92. The van der Waals surface area contributed by atoms with Gasteiger partial charge in [0.15, 0.2) is 0 Å². The summed E-state index contributed by atoms with van der Waals surface area (Å²) in [6, 6.07) is 11.3. The van der Waals surface area contributed by atoms with Crippen LogP contribution < -0.4 is 0 Å². The average molecular weight is 366 g/mol. The third-order valence-electron chi connectivity index (χ3n) is 4.62. The Morgan fingerprint density at radius 3 is 1.84 bits per heavy atom. The van der Waals surface area contributed by atoms with Crippen molar-refractivity contribution in [3.05, 3.63) is 65.7 Å². The highest BCUT2D eigenvalue weighted by Crippen LogP contribution is 2.24. The molecule has 2 aromatic carbocycles. The fraction of sp³-hybridized carbons (Fsp3) is 0.333. The fourth-order valence-electron chi connectivity index (χ4n) is 3.04.